The summed E-state index contributed by atoms with van der Waals surface area (Å²) < 4.78 is 0. The number of fused-ring (bicyclic) bond motifs is 1. The summed E-state index contributed by atoms with van der Waals surface area (Å²) in [5.74, 6) is 3.19. The minimum Gasteiger partial charge on any atom is -0.355 e. The molecule has 0 aromatic rings. The fraction of sp³-hybridized carbons (Fsp3) is 0.941. The third-order valence-corrected chi connectivity index (χ3v) is 4.95. The molecule has 1 heterocycles. The Labute approximate surface area is 119 Å². The molecule has 0 N–H and O–H groups in total. The quantitative estimate of drug-likeness (QED) is 0.717. The second-order valence-electron chi connectivity index (χ2n) is 7.17. The van der Waals surface area contributed by atoms with Gasteiger partial charge in [0.15, 0.2) is 0 Å². The molecule has 1 aliphatic carbocycles. The van der Waals surface area contributed by atoms with Gasteiger partial charge in [0.2, 0.25) is 0 Å². The average molecular weight is 264 g/mol. The number of amidine groups is 1. The van der Waals surface area contributed by atoms with Crippen molar-refractivity contribution in [3.05, 3.63) is 0 Å². The molecule has 1 aliphatic heterocycles. The van der Waals surface area contributed by atoms with E-state index in [1.165, 1.54) is 44.4 Å². The molecule has 19 heavy (non-hydrogen) atoms. The molecule has 2 aliphatic rings. The molecule has 2 rings (SSSR count). The van der Waals surface area contributed by atoms with E-state index < -0.39 is 0 Å². The van der Waals surface area contributed by atoms with Crippen LogP contribution in [0.15, 0.2) is 4.99 Å². The van der Waals surface area contributed by atoms with E-state index in [9.17, 15) is 0 Å². The third-order valence-electron chi connectivity index (χ3n) is 4.95. The molecule has 3 unspecified atom stereocenters. The SMILES string of the molecule is CC(C)/N=C1\CCC2C(C)CCCCC2N1C(C)C. The smallest absolute Gasteiger partial charge is 0.0997 e. The van der Waals surface area contributed by atoms with Crippen LogP contribution in [0.5, 0.6) is 0 Å². The summed E-state index contributed by atoms with van der Waals surface area (Å²) in [6, 6.07) is 1.77. The van der Waals surface area contributed by atoms with Crippen molar-refractivity contribution < 1.29 is 0 Å². The lowest BCUT2D eigenvalue weighted by atomic mass is 9.78. The first-order valence-corrected chi connectivity index (χ1v) is 8.35. The van der Waals surface area contributed by atoms with Gasteiger partial charge in [-0.05, 0) is 52.4 Å². The topological polar surface area (TPSA) is 15.6 Å². The Hall–Kier alpha value is -0.530. The van der Waals surface area contributed by atoms with E-state index in [-0.39, 0.29) is 0 Å². The van der Waals surface area contributed by atoms with E-state index in [2.05, 4.69) is 39.5 Å². The van der Waals surface area contributed by atoms with Crippen molar-refractivity contribution in [2.75, 3.05) is 0 Å². The van der Waals surface area contributed by atoms with Crippen LogP contribution in [0.2, 0.25) is 0 Å². The zero-order chi connectivity index (χ0) is 14.0. The molecule has 1 saturated heterocycles. The van der Waals surface area contributed by atoms with Crippen molar-refractivity contribution in [1.29, 1.82) is 0 Å². The van der Waals surface area contributed by atoms with E-state index in [0.717, 1.165) is 17.9 Å². The summed E-state index contributed by atoms with van der Waals surface area (Å²) in [4.78, 5) is 7.60. The van der Waals surface area contributed by atoms with E-state index in [4.69, 9.17) is 4.99 Å². The molecule has 2 heteroatoms. The monoisotopic (exact) mass is 264 g/mol. The Morgan fingerprint density at radius 3 is 2.37 bits per heavy atom. The van der Waals surface area contributed by atoms with Gasteiger partial charge in [0.05, 0.1) is 5.84 Å². The Balaban J connectivity index is 2.26. The predicted molar refractivity (Wildman–Crippen MR) is 83.7 cm³/mol. The second kappa shape index (κ2) is 6.28. The Morgan fingerprint density at radius 2 is 1.74 bits per heavy atom. The van der Waals surface area contributed by atoms with Crippen molar-refractivity contribution in [3.63, 3.8) is 0 Å². The number of hydrogen-bond acceptors (Lipinski definition) is 1. The Kier molecular flexibility index (Phi) is 4.92. The van der Waals surface area contributed by atoms with Gasteiger partial charge in [0.1, 0.15) is 0 Å². The first kappa shape index (κ1) is 14.9. The molecular formula is C17H32N2. The molecule has 2 nitrogen and oxygen atoms in total. The molecule has 0 bridgehead atoms. The summed E-state index contributed by atoms with van der Waals surface area (Å²) in [6.45, 7) is 11.6. The highest BCUT2D eigenvalue weighted by atomic mass is 15.2. The maximum Gasteiger partial charge on any atom is 0.0997 e. The summed E-state index contributed by atoms with van der Waals surface area (Å²) in [5.41, 5.74) is 0. The highest BCUT2D eigenvalue weighted by Crippen LogP contribution is 2.39. The first-order valence-electron chi connectivity index (χ1n) is 8.35. The number of likely N-dealkylation sites (tertiary alicyclic amines) is 1. The molecular weight excluding hydrogens is 232 g/mol. The lowest BCUT2D eigenvalue weighted by Crippen LogP contribution is -2.53. The molecule has 0 spiro atoms. The van der Waals surface area contributed by atoms with Gasteiger partial charge >= 0.3 is 0 Å². The minimum atomic E-state index is 0.427. The maximum absolute atomic E-state index is 4.93. The minimum absolute atomic E-state index is 0.427. The predicted octanol–water partition coefficient (Wildman–Crippen LogP) is 4.49. The number of rotatable bonds is 2. The van der Waals surface area contributed by atoms with Crippen LogP contribution < -0.4 is 0 Å². The van der Waals surface area contributed by atoms with Crippen LogP contribution in [0.1, 0.15) is 73.1 Å². The van der Waals surface area contributed by atoms with Crippen LogP contribution in [0.3, 0.4) is 0 Å². The molecule has 110 valence electrons. The van der Waals surface area contributed by atoms with Crippen LogP contribution in [0, 0.1) is 11.8 Å². The third kappa shape index (κ3) is 3.32. The second-order valence-corrected chi connectivity index (χ2v) is 7.17. The molecule has 0 aromatic heterocycles. The fourth-order valence-corrected chi connectivity index (χ4v) is 4.18. The van der Waals surface area contributed by atoms with Crippen LogP contribution in [0.25, 0.3) is 0 Å². The van der Waals surface area contributed by atoms with Crippen molar-refractivity contribution in [1.82, 2.24) is 4.90 Å². The van der Waals surface area contributed by atoms with E-state index in [1.807, 2.05) is 0 Å². The van der Waals surface area contributed by atoms with Crippen molar-refractivity contribution in [2.45, 2.75) is 91.3 Å². The van der Waals surface area contributed by atoms with Gasteiger partial charge in [-0.1, -0.05) is 26.2 Å². The molecule has 3 atom stereocenters. The van der Waals surface area contributed by atoms with E-state index in [0.29, 0.717) is 12.1 Å². The van der Waals surface area contributed by atoms with Crippen LogP contribution in [0.4, 0.5) is 0 Å². The number of hydrogen-bond donors (Lipinski definition) is 0. The van der Waals surface area contributed by atoms with Gasteiger partial charge in [-0.25, -0.2) is 0 Å². The van der Waals surface area contributed by atoms with E-state index >= 15 is 0 Å². The van der Waals surface area contributed by atoms with Crippen molar-refractivity contribution in [3.8, 4) is 0 Å². The largest absolute Gasteiger partial charge is 0.355 e. The summed E-state index contributed by atoms with van der Waals surface area (Å²) in [6.07, 6.45) is 8.21. The molecule has 0 amide bonds. The highest BCUT2D eigenvalue weighted by Gasteiger charge is 2.39. The number of aliphatic imine (C=N–C) groups is 1. The standard InChI is InChI=1S/C17H32N2/c1-12(2)18-17-11-10-15-14(5)8-6-7-9-16(15)19(17)13(3)4/h12-16H,6-11H2,1-5H3/b18-17+. The fourth-order valence-electron chi connectivity index (χ4n) is 4.18. The normalized spacial score (nSPS) is 34.8. The van der Waals surface area contributed by atoms with Crippen molar-refractivity contribution >= 4 is 5.84 Å². The maximum atomic E-state index is 4.93. The zero-order valence-electron chi connectivity index (χ0n) is 13.5. The van der Waals surface area contributed by atoms with Gasteiger partial charge in [-0.15, -0.1) is 0 Å². The van der Waals surface area contributed by atoms with Crippen LogP contribution in [-0.2, 0) is 0 Å². The number of piperidine rings is 1. The van der Waals surface area contributed by atoms with Gasteiger partial charge in [-0.2, -0.15) is 0 Å². The van der Waals surface area contributed by atoms with E-state index in [1.54, 1.807) is 0 Å². The van der Waals surface area contributed by atoms with Gasteiger partial charge < -0.3 is 4.90 Å². The molecule has 0 aromatic carbocycles. The first-order chi connectivity index (χ1) is 9.00. The Bertz CT molecular complexity index is 319. The summed E-state index contributed by atoms with van der Waals surface area (Å²) in [5, 5.41) is 0. The average Bonchev–Trinajstić information content (AvgIpc) is 2.50. The molecule has 1 saturated carbocycles. The summed E-state index contributed by atoms with van der Waals surface area (Å²) in [7, 11) is 0. The highest BCUT2D eigenvalue weighted by molar-refractivity contribution is 5.84. The van der Waals surface area contributed by atoms with Crippen LogP contribution in [-0.4, -0.2) is 28.9 Å². The zero-order valence-corrected chi connectivity index (χ0v) is 13.5. The summed E-state index contributed by atoms with van der Waals surface area (Å²) >= 11 is 0. The number of nitrogens with zero attached hydrogens (tertiary/aromatic N) is 2. The lowest BCUT2D eigenvalue weighted by molar-refractivity contribution is 0.120. The Morgan fingerprint density at radius 1 is 1.05 bits per heavy atom. The lowest BCUT2D eigenvalue weighted by Gasteiger charge is -2.47. The van der Waals surface area contributed by atoms with Crippen molar-refractivity contribution in [2.24, 2.45) is 16.8 Å². The molecule has 2 fully saturated rings. The molecule has 0 radical (unpaired) electrons. The van der Waals surface area contributed by atoms with Gasteiger partial charge in [-0.3, -0.25) is 4.99 Å². The van der Waals surface area contributed by atoms with Gasteiger partial charge in [0, 0.05) is 24.5 Å². The van der Waals surface area contributed by atoms with Crippen LogP contribution >= 0.6 is 0 Å². The van der Waals surface area contributed by atoms with Gasteiger partial charge in [0.25, 0.3) is 0 Å².